The van der Waals surface area contributed by atoms with E-state index in [1.165, 1.54) is 0 Å². The van der Waals surface area contributed by atoms with Gasteiger partial charge < -0.3 is 37.0 Å². The fourth-order valence-electron chi connectivity index (χ4n) is 2.47. The van der Waals surface area contributed by atoms with Gasteiger partial charge in [0.15, 0.2) is 0 Å². The van der Waals surface area contributed by atoms with E-state index < -0.39 is 60.9 Å². The van der Waals surface area contributed by atoms with E-state index >= 15 is 0 Å². The molecular weight excluding hydrogens is 412 g/mol. The number of amides is 3. The Balaban J connectivity index is 2.74. The van der Waals surface area contributed by atoms with Gasteiger partial charge >= 0.3 is 11.9 Å². The molecule has 0 aromatic heterocycles. The lowest BCUT2D eigenvalue weighted by Crippen LogP contribution is -2.55. The minimum atomic E-state index is -1.55. The summed E-state index contributed by atoms with van der Waals surface area (Å²) in [4.78, 5) is 58.1. The Morgan fingerprint density at radius 1 is 0.935 bits per heavy atom. The van der Waals surface area contributed by atoms with E-state index in [4.69, 9.17) is 21.1 Å². The van der Waals surface area contributed by atoms with Gasteiger partial charge in [0.1, 0.15) is 12.1 Å². The van der Waals surface area contributed by atoms with E-state index in [-0.39, 0.29) is 19.3 Å². The Hall–Kier alpha value is -3.51. The third-order valence-electron chi connectivity index (χ3n) is 4.16. The molecule has 0 heterocycles. The van der Waals surface area contributed by atoms with Crippen molar-refractivity contribution in [1.82, 2.24) is 16.0 Å². The molecule has 31 heavy (non-hydrogen) atoms. The van der Waals surface area contributed by atoms with Gasteiger partial charge in [0.05, 0.1) is 19.2 Å². The summed E-state index contributed by atoms with van der Waals surface area (Å²) in [6, 6.07) is 4.76. The molecule has 1 aromatic carbocycles. The number of aliphatic carboxylic acids is 2. The highest BCUT2D eigenvalue weighted by Gasteiger charge is 2.26. The van der Waals surface area contributed by atoms with Crippen molar-refractivity contribution in [2.75, 3.05) is 13.2 Å². The predicted octanol–water partition coefficient (Wildman–Crippen LogP) is -2.42. The molecular formula is C19H26N4O8. The molecule has 1 aromatic rings. The van der Waals surface area contributed by atoms with Gasteiger partial charge in [0.25, 0.3) is 0 Å². The first-order valence-electron chi connectivity index (χ1n) is 9.36. The van der Waals surface area contributed by atoms with Crippen LogP contribution in [-0.2, 0) is 30.4 Å². The topological polar surface area (TPSA) is 208 Å². The summed E-state index contributed by atoms with van der Waals surface area (Å²) in [7, 11) is 0. The van der Waals surface area contributed by atoms with Gasteiger partial charge in [-0.3, -0.25) is 19.2 Å². The summed E-state index contributed by atoms with van der Waals surface area (Å²) in [5, 5.41) is 33.5. The monoisotopic (exact) mass is 438 g/mol. The molecule has 0 bridgehead atoms. The number of hydrogen-bond acceptors (Lipinski definition) is 7. The number of carbonyl (C=O) groups excluding carboxylic acids is 3. The van der Waals surface area contributed by atoms with E-state index in [2.05, 4.69) is 16.0 Å². The largest absolute Gasteiger partial charge is 0.481 e. The fourth-order valence-corrected chi connectivity index (χ4v) is 2.47. The van der Waals surface area contributed by atoms with Crippen molar-refractivity contribution in [3.8, 4) is 0 Å². The first kappa shape index (κ1) is 25.5. The Kier molecular flexibility index (Phi) is 10.6. The molecule has 12 heteroatoms. The maximum absolute atomic E-state index is 12.5. The lowest BCUT2D eigenvalue weighted by atomic mass is 10.0. The molecule has 12 nitrogen and oxygen atoms in total. The van der Waals surface area contributed by atoms with Crippen LogP contribution < -0.4 is 21.7 Å². The number of carboxylic acid groups (broad SMARTS) is 2. The van der Waals surface area contributed by atoms with Gasteiger partial charge in [-0.25, -0.2) is 4.79 Å². The SMILES string of the molecule is NC(CCC(=O)O)C(=O)NCC(=O)NC(Cc1ccccc1)C(=O)NC(CO)C(=O)O. The molecule has 170 valence electrons. The lowest BCUT2D eigenvalue weighted by Gasteiger charge is -2.21. The van der Waals surface area contributed by atoms with Crippen molar-refractivity contribution in [3.63, 3.8) is 0 Å². The van der Waals surface area contributed by atoms with Crippen molar-refractivity contribution in [1.29, 1.82) is 0 Å². The highest BCUT2D eigenvalue weighted by Crippen LogP contribution is 2.04. The van der Waals surface area contributed by atoms with Crippen molar-refractivity contribution < 1.29 is 39.3 Å². The second-order valence-electron chi connectivity index (χ2n) is 6.65. The van der Waals surface area contributed by atoms with E-state index in [0.717, 1.165) is 0 Å². The highest BCUT2D eigenvalue weighted by molar-refractivity contribution is 5.92. The molecule has 3 amide bonds. The van der Waals surface area contributed by atoms with Crippen LogP contribution >= 0.6 is 0 Å². The quantitative estimate of drug-likeness (QED) is 0.175. The maximum Gasteiger partial charge on any atom is 0.328 e. The number of carboxylic acids is 2. The summed E-state index contributed by atoms with van der Waals surface area (Å²) in [5.74, 6) is -4.86. The van der Waals surface area contributed by atoms with Crippen LogP contribution in [0, 0.1) is 0 Å². The predicted molar refractivity (Wildman–Crippen MR) is 107 cm³/mol. The standard InChI is InChI=1S/C19H26N4O8/c20-12(6-7-16(26)27)17(28)21-9-15(25)22-13(8-11-4-2-1-3-5-11)18(29)23-14(10-24)19(30)31/h1-5,12-14,24H,6-10,20H2,(H,21,28)(H,22,25)(H,23,29)(H,26,27)(H,30,31). The molecule has 8 N–H and O–H groups in total. The number of hydrogen-bond donors (Lipinski definition) is 7. The van der Waals surface area contributed by atoms with Crippen LogP contribution in [0.2, 0.25) is 0 Å². The smallest absolute Gasteiger partial charge is 0.328 e. The molecule has 0 aliphatic rings. The number of nitrogens with two attached hydrogens (primary N) is 1. The van der Waals surface area contributed by atoms with E-state index in [1.54, 1.807) is 30.3 Å². The van der Waals surface area contributed by atoms with E-state index in [0.29, 0.717) is 5.56 Å². The summed E-state index contributed by atoms with van der Waals surface area (Å²) in [5.41, 5.74) is 6.23. The zero-order valence-electron chi connectivity index (χ0n) is 16.6. The van der Waals surface area contributed by atoms with E-state index in [1.807, 2.05) is 0 Å². The lowest BCUT2D eigenvalue weighted by molar-refractivity contribution is -0.143. The molecule has 3 unspecified atom stereocenters. The zero-order valence-corrected chi connectivity index (χ0v) is 16.6. The van der Waals surface area contributed by atoms with Crippen LogP contribution in [0.4, 0.5) is 0 Å². The number of carbonyl (C=O) groups is 5. The molecule has 0 radical (unpaired) electrons. The molecule has 1 rings (SSSR count). The minimum Gasteiger partial charge on any atom is -0.481 e. The Morgan fingerprint density at radius 3 is 2.13 bits per heavy atom. The van der Waals surface area contributed by atoms with Crippen LogP contribution in [0.3, 0.4) is 0 Å². The molecule has 0 spiro atoms. The third-order valence-corrected chi connectivity index (χ3v) is 4.16. The van der Waals surface area contributed by atoms with Crippen LogP contribution in [0.25, 0.3) is 0 Å². The van der Waals surface area contributed by atoms with E-state index in [9.17, 15) is 24.0 Å². The van der Waals surface area contributed by atoms with Crippen LogP contribution in [0.1, 0.15) is 18.4 Å². The minimum absolute atomic E-state index is 0.0300. The summed E-state index contributed by atoms with van der Waals surface area (Å²) in [6.07, 6.45) is -0.391. The molecule has 0 aliphatic carbocycles. The number of aliphatic hydroxyl groups excluding tert-OH is 1. The average Bonchev–Trinajstić information content (AvgIpc) is 2.73. The molecule has 0 saturated carbocycles. The molecule has 0 fully saturated rings. The van der Waals surface area contributed by atoms with Crippen LogP contribution in [-0.4, -0.2) is 76.3 Å². The number of nitrogens with one attached hydrogen (secondary N) is 3. The van der Waals surface area contributed by atoms with Gasteiger partial charge in [-0.1, -0.05) is 30.3 Å². The normalized spacial score (nSPS) is 13.4. The zero-order chi connectivity index (χ0) is 23.4. The van der Waals surface area contributed by atoms with Crippen molar-refractivity contribution in [2.24, 2.45) is 5.73 Å². The Morgan fingerprint density at radius 2 is 1.58 bits per heavy atom. The highest BCUT2D eigenvalue weighted by atomic mass is 16.4. The summed E-state index contributed by atoms with van der Waals surface area (Å²) < 4.78 is 0. The van der Waals surface area contributed by atoms with Gasteiger partial charge in [-0.05, 0) is 12.0 Å². The number of aliphatic hydroxyl groups is 1. The summed E-state index contributed by atoms with van der Waals surface area (Å²) in [6.45, 7) is -1.36. The van der Waals surface area contributed by atoms with Gasteiger partial charge in [0.2, 0.25) is 17.7 Å². The Bertz CT molecular complexity index is 786. The maximum atomic E-state index is 12.5. The average molecular weight is 438 g/mol. The van der Waals surface area contributed by atoms with Gasteiger partial charge in [-0.15, -0.1) is 0 Å². The first-order valence-corrected chi connectivity index (χ1v) is 9.36. The Labute approximate surface area is 177 Å². The van der Waals surface area contributed by atoms with Crippen molar-refractivity contribution in [2.45, 2.75) is 37.4 Å². The molecule has 3 atom stereocenters. The van der Waals surface area contributed by atoms with Crippen molar-refractivity contribution >= 4 is 29.7 Å². The fraction of sp³-hybridized carbons (Fsp3) is 0.421. The molecule has 0 aliphatic heterocycles. The molecule has 0 saturated heterocycles. The third kappa shape index (κ3) is 9.69. The van der Waals surface area contributed by atoms with Gasteiger partial charge in [0, 0.05) is 12.8 Å². The number of benzene rings is 1. The number of rotatable bonds is 13. The second kappa shape index (κ2) is 12.9. The first-order chi connectivity index (χ1) is 14.6. The van der Waals surface area contributed by atoms with Gasteiger partial charge in [-0.2, -0.15) is 0 Å². The summed E-state index contributed by atoms with van der Waals surface area (Å²) >= 11 is 0. The van der Waals surface area contributed by atoms with Crippen molar-refractivity contribution in [3.05, 3.63) is 35.9 Å². The second-order valence-corrected chi connectivity index (χ2v) is 6.65. The van der Waals surface area contributed by atoms with Crippen LogP contribution in [0.15, 0.2) is 30.3 Å². The van der Waals surface area contributed by atoms with Crippen LogP contribution in [0.5, 0.6) is 0 Å².